The van der Waals surface area contributed by atoms with Crippen LogP contribution in [0, 0.1) is 23.2 Å². The number of benzene rings is 1. The fourth-order valence-corrected chi connectivity index (χ4v) is 7.62. The Labute approximate surface area is 301 Å². The van der Waals surface area contributed by atoms with E-state index in [0.29, 0.717) is 5.75 Å². The van der Waals surface area contributed by atoms with Gasteiger partial charge in [-0.05, 0) is 131 Å². The lowest BCUT2D eigenvalue weighted by atomic mass is 9.72. The third-order valence-corrected chi connectivity index (χ3v) is 10.9. The van der Waals surface area contributed by atoms with Crippen molar-refractivity contribution in [3.63, 3.8) is 0 Å². The predicted octanol–water partition coefficient (Wildman–Crippen LogP) is 13.6. The average Bonchev–Trinajstić information content (AvgIpc) is 3.00. The van der Waals surface area contributed by atoms with E-state index in [2.05, 4.69) is 80.5 Å². The lowest BCUT2D eigenvalue weighted by Gasteiger charge is -2.36. The summed E-state index contributed by atoms with van der Waals surface area (Å²) in [5, 5.41) is 0. The van der Waals surface area contributed by atoms with Crippen LogP contribution in [0.5, 0.6) is 11.5 Å². The number of fused-ring (bicyclic) bond motifs is 1. The highest BCUT2D eigenvalue weighted by Crippen LogP contribution is 2.41. The fraction of sp³-hybridized carbons (Fsp3) is 0.630. The van der Waals surface area contributed by atoms with E-state index in [9.17, 15) is 4.79 Å². The van der Waals surface area contributed by atoms with Crippen LogP contribution >= 0.6 is 0 Å². The van der Waals surface area contributed by atoms with E-state index < -0.39 is 0 Å². The summed E-state index contributed by atoms with van der Waals surface area (Å²) >= 11 is 0. The molecule has 0 N–H and O–H groups in total. The Bertz CT molecular complexity index is 1370. The van der Waals surface area contributed by atoms with Crippen LogP contribution in [-0.4, -0.2) is 11.6 Å². The number of esters is 1. The Hall–Kier alpha value is -2.81. The zero-order chi connectivity index (χ0) is 36.0. The van der Waals surface area contributed by atoms with E-state index in [1.54, 1.807) is 6.08 Å². The van der Waals surface area contributed by atoms with Gasteiger partial charge in [0.15, 0.2) is 0 Å². The van der Waals surface area contributed by atoms with E-state index >= 15 is 0 Å². The molecular formula is C46H70O3. The third-order valence-electron chi connectivity index (χ3n) is 10.9. The number of aryl methyl sites for hydroxylation is 1. The first kappa shape index (κ1) is 40.6. The molecule has 0 fully saturated rings. The van der Waals surface area contributed by atoms with Gasteiger partial charge in [-0.2, -0.15) is 0 Å². The molecule has 0 aromatic heterocycles. The van der Waals surface area contributed by atoms with Crippen molar-refractivity contribution in [3.8, 4) is 11.5 Å². The van der Waals surface area contributed by atoms with E-state index in [1.165, 1.54) is 87.3 Å². The molecule has 3 nitrogen and oxygen atoms in total. The van der Waals surface area contributed by atoms with Crippen molar-refractivity contribution in [1.82, 2.24) is 0 Å². The molecule has 1 heterocycles. The molecule has 0 radical (unpaired) electrons. The predicted molar refractivity (Wildman–Crippen MR) is 210 cm³/mol. The van der Waals surface area contributed by atoms with Gasteiger partial charge < -0.3 is 9.47 Å². The van der Waals surface area contributed by atoms with Crippen LogP contribution in [-0.2, 0) is 11.2 Å². The standard InChI is InChI=1S/C46H70O3/c1-34(2)16-11-17-35(3)18-12-19-36(4)22-14-30-46(10)31-28-40-33-41(25-27-43(40)49-46)48-44(47)32-38(6)21-13-20-37(5)24-26-42-39(7)23-15-29-45(42,8)9/h13,20-21,24-27,32-36H,11-12,14-19,22-23,28-31H2,1-10H3/b21-13+,26-24+,37-20+,38-32+. The summed E-state index contributed by atoms with van der Waals surface area (Å²) in [7, 11) is 0. The maximum Gasteiger partial charge on any atom is 0.336 e. The summed E-state index contributed by atoms with van der Waals surface area (Å²) in [4.78, 5) is 12.7. The summed E-state index contributed by atoms with van der Waals surface area (Å²) in [5.41, 5.74) is 6.23. The highest BCUT2D eigenvalue weighted by molar-refractivity contribution is 5.85. The van der Waals surface area contributed by atoms with Gasteiger partial charge in [0.1, 0.15) is 17.1 Å². The average molecular weight is 671 g/mol. The Morgan fingerprint density at radius 2 is 1.55 bits per heavy atom. The quantitative estimate of drug-likeness (QED) is 0.0675. The summed E-state index contributed by atoms with van der Waals surface area (Å²) < 4.78 is 12.2. The van der Waals surface area contributed by atoms with E-state index in [4.69, 9.17) is 9.47 Å². The van der Waals surface area contributed by atoms with Crippen molar-refractivity contribution in [2.45, 2.75) is 165 Å². The fourth-order valence-electron chi connectivity index (χ4n) is 7.62. The molecule has 1 aromatic carbocycles. The van der Waals surface area contributed by atoms with Gasteiger partial charge in [0.05, 0.1) is 0 Å². The first-order valence-corrected chi connectivity index (χ1v) is 19.6. The van der Waals surface area contributed by atoms with Gasteiger partial charge in [-0.25, -0.2) is 4.79 Å². The molecule has 0 amide bonds. The van der Waals surface area contributed by atoms with Gasteiger partial charge in [-0.15, -0.1) is 0 Å². The van der Waals surface area contributed by atoms with Crippen molar-refractivity contribution < 1.29 is 14.3 Å². The number of rotatable bonds is 18. The number of allylic oxidation sites excluding steroid dienone is 9. The largest absolute Gasteiger partial charge is 0.487 e. The van der Waals surface area contributed by atoms with Crippen LogP contribution in [0.3, 0.4) is 0 Å². The summed E-state index contributed by atoms with van der Waals surface area (Å²) in [6.45, 7) is 22.8. The molecule has 1 aliphatic carbocycles. The Morgan fingerprint density at radius 1 is 0.878 bits per heavy atom. The normalized spacial score (nSPS) is 21.3. The van der Waals surface area contributed by atoms with Crippen LogP contribution in [0.15, 0.2) is 76.9 Å². The van der Waals surface area contributed by atoms with E-state index in [1.807, 2.05) is 37.3 Å². The van der Waals surface area contributed by atoms with Crippen LogP contribution in [0.25, 0.3) is 0 Å². The Kier molecular flexibility index (Phi) is 16.2. The topological polar surface area (TPSA) is 35.5 Å². The highest BCUT2D eigenvalue weighted by atomic mass is 16.5. The first-order chi connectivity index (χ1) is 23.2. The van der Waals surface area contributed by atoms with Crippen LogP contribution < -0.4 is 9.47 Å². The maximum absolute atomic E-state index is 12.7. The third kappa shape index (κ3) is 14.5. The van der Waals surface area contributed by atoms with Crippen molar-refractivity contribution >= 4 is 5.97 Å². The maximum atomic E-state index is 12.7. The Morgan fingerprint density at radius 3 is 2.22 bits per heavy atom. The van der Waals surface area contributed by atoms with E-state index in [-0.39, 0.29) is 17.0 Å². The summed E-state index contributed by atoms with van der Waals surface area (Å²) in [5.74, 6) is 3.60. The molecule has 0 bridgehead atoms. The summed E-state index contributed by atoms with van der Waals surface area (Å²) in [6.07, 6.45) is 29.5. The number of ether oxygens (including phenoxy) is 2. The van der Waals surface area contributed by atoms with Crippen LogP contribution in [0.2, 0.25) is 0 Å². The monoisotopic (exact) mass is 671 g/mol. The van der Waals surface area contributed by atoms with Crippen LogP contribution in [0.4, 0.5) is 0 Å². The Balaban J connectivity index is 1.42. The minimum absolute atomic E-state index is 0.132. The smallest absolute Gasteiger partial charge is 0.336 e. The molecule has 272 valence electrons. The molecular weight excluding hydrogens is 601 g/mol. The molecule has 1 aliphatic heterocycles. The number of hydrogen-bond acceptors (Lipinski definition) is 3. The van der Waals surface area contributed by atoms with Gasteiger partial charge in [-0.3, -0.25) is 0 Å². The molecule has 3 unspecified atom stereocenters. The van der Waals surface area contributed by atoms with Gasteiger partial charge in [-0.1, -0.05) is 128 Å². The molecule has 49 heavy (non-hydrogen) atoms. The van der Waals surface area contributed by atoms with Gasteiger partial charge in [0, 0.05) is 6.08 Å². The molecule has 2 aliphatic rings. The van der Waals surface area contributed by atoms with Crippen molar-refractivity contribution in [1.29, 1.82) is 0 Å². The molecule has 0 spiro atoms. The molecule has 3 heteroatoms. The van der Waals surface area contributed by atoms with Crippen molar-refractivity contribution in [2.24, 2.45) is 23.2 Å². The highest BCUT2D eigenvalue weighted by Gasteiger charge is 2.31. The van der Waals surface area contributed by atoms with Gasteiger partial charge in [0.25, 0.3) is 0 Å². The molecule has 1 aromatic rings. The van der Waals surface area contributed by atoms with Crippen molar-refractivity contribution in [3.05, 3.63) is 82.5 Å². The molecule has 3 atom stereocenters. The molecule has 0 saturated carbocycles. The zero-order valence-corrected chi connectivity index (χ0v) is 33.1. The van der Waals surface area contributed by atoms with Crippen LogP contribution in [0.1, 0.15) is 158 Å². The van der Waals surface area contributed by atoms with Gasteiger partial charge >= 0.3 is 5.97 Å². The van der Waals surface area contributed by atoms with Crippen molar-refractivity contribution in [2.75, 3.05) is 0 Å². The molecule has 0 saturated heterocycles. The second-order valence-electron chi connectivity index (χ2n) is 17.0. The lowest BCUT2D eigenvalue weighted by Crippen LogP contribution is -2.36. The second-order valence-corrected chi connectivity index (χ2v) is 17.0. The van der Waals surface area contributed by atoms with E-state index in [0.717, 1.165) is 53.9 Å². The second kappa shape index (κ2) is 19.5. The minimum Gasteiger partial charge on any atom is -0.487 e. The zero-order valence-electron chi connectivity index (χ0n) is 33.1. The van der Waals surface area contributed by atoms with Gasteiger partial charge in [0.2, 0.25) is 0 Å². The number of carbonyl (C=O) groups is 1. The minimum atomic E-state index is -0.360. The first-order valence-electron chi connectivity index (χ1n) is 19.6. The molecule has 3 rings (SSSR count). The SMILES string of the molecule is CC1=C(/C=C/C(C)=C/C=C/C(C)=C/C(=O)Oc2ccc3c(c2)CCC(C)(CCCC(C)CCCC(C)CCCC(C)C)O3)C(C)(C)CCC1. The number of carbonyl (C=O) groups excluding carboxylic acids is 1. The lowest BCUT2D eigenvalue weighted by molar-refractivity contribution is -0.129. The summed E-state index contributed by atoms with van der Waals surface area (Å²) in [6, 6.07) is 5.81. The number of hydrogen-bond donors (Lipinski definition) is 0.